The average molecular weight is 284 g/mol. The molecule has 0 saturated heterocycles. The Morgan fingerprint density at radius 1 is 0.850 bits per heavy atom. The van der Waals surface area contributed by atoms with Crippen molar-refractivity contribution in [2.45, 2.75) is 93.5 Å². The Bertz CT molecular complexity index is 228. The topological polar surface area (TPSA) is 3.24 Å². The molecular formula is C19H41N. The van der Waals surface area contributed by atoms with Gasteiger partial charge in [0.15, 0.2) is 0 Å². The monoisotopic (exact) mass is 283 g/mol. The van der Waals surface area contributed by atoms with E-state index in [1.165, 1.54) is 45.2 Å². The first-order chi connectivity index (χ1) is 9.34. The maximum Gasteiger partial charge on any atom is 0.00950 e. The second-order valence-corrected chi connectivity index (χ2v) is 7.32. The van der Waals surface area contributed by atoms with Crippen molar-refractivity contribution < 1.29 is 0 Å². The highest BCUT2D eigenvalue weighted by molar-refractivity contribution is 4.82. The Morgan fingerprint density at radius 3 is 1.75 bits per heavy atom. The van der Waals surface area contributed by atoms with E-state index in [1.807, 2.05) is 0 Å². The van der Waals surface area contributed by atoms with Crippen molar-refractivity contribution in [1.82, 2.24) is 4.90 Å². The van der Waals surface area contributed by atoms with E-state index >= 15 is 0 Å². The molecule has 0 rings (SSSR count). The first-order valence-corrected chi connectivity index (χ1v) is 9.08. The Morgan fingerprint density at radius 2 is 1.40 bits per heavy atom. The summed E-state index contributed by atoms with van der Waals surface area (Å²) < 4.78 is 0. The summed E-state index contributed by atoms with van der Waals surface area (Å²) in [6.07, 6.45) is 6.76. The molecule has 0 aliphatic carbocycles. The van der Waals surface area contributed by atoms with Crippen LogP contribution in [0.1, 0.15) is 87.5 Å². The molecule has 0 fully saturated rings. The van der Waals surface area contributed by atoms with E-state index in [2.05, 4.69) is 60.3 Å². The molecule has 0 aliphatic heterocycles. The third-order valence-electron chi connectivity index (χ3n) is 5.83. The van der Waals surface area contributed by atoms with E-state index in [-0.39, 0.29) is 0 Å². The molecule has 2 unspecified atom stereocenters. The van der Waals surface area contributed by atoms with E-state index in [9.17, 15) is 0 Å². The number of hydrogen-bond donors (Lipinski definition) is 0. The van der Waals surface area contributed by atoms with E-state index in [1.54, 1.807) is 0 Å². The lowest BCUT2D eigenvalue weighted by atomic mass is 9.67. The van der Waals surface area contributed by atoms with Gasteiger partial charge in [0.05, 0.1) is 0 Å². The highest BCUT2D eigenvalue weighted by atomic mass is 15.1. The molecule has 2 atom stereocenters. The van der Waals surface area contributed by atoms with Crippen LogP contribution in [0.15, 0.2) is 0 Å². The van der Waals surface area contributed by atoms with E-state index < -0.39 is 0 Å². The smallest absolute Gasteiger partial charge is 0.00950 e. The normalized spacial score (nSPS) is 15.9. The quantitative estimate of drug-likeness (QED) is 0.450. The maximum atomic E-state index is 2.67. The largest absolute Gasteiger partial charge is 0.301 e. The zero-order chi connectivity index (χ0) is 15.8. The second-order valence-electron chi connectivity index (χ2n) is 7.32. The van der Waals surface area contributed by atoms with E-state index in [0.717, 1.165) is 17.9 Å². The fraction of sp³-hybridized carbons (Fsp3) is 1.00. The van der Waals surface area contributed by atoms with Gasteiger partial charge in [-0.1, -0.05) is 68.2 Å². The molecule has 0 saturated carbocycles. The molecule has 0 aromatic carbocycles. The summed E-state index contributed by atoms with van der Waals surface area (Å²) in [5.41, 5.74) is 0.467. The molecule has 0 bridgehead atoms. The van der Waals surface area contributed by atoms with Crippen LogP contribution >= 0.6 is 0 Å². The SMILES string of the molecule is CCCC(CCC(CC)C(C)(C)C(C)C)N(CC)CC. The summed E-state index contributed by atoms with van der Waals surface area (Å²) in [4.78, 5) is 2.67. The molecular weight excluding hydrogens is 242 g/mol. The van der Waals surface area contributed by atoms with Crippen LogP contribution in [0.3, 0.4) is 0 Å². The zero-order valence-electron chi connectivity index (χ0n) is 15.6. The second kappa shape index (κ2) is 9.82. The molecule has 122 valence electrons. The van der Waals surface area contributed by atoms with Crippen molar-refractivity contribution in [3.8, 4) is 0 Å². The van der Waals surface area contributed by atoms with Crippen LogP contribution in [-0.2, 0) is 0 Å². The van der Waals surface area contributed by atoms with Crippen molar-refractivity contribution in [2.24, 2.45) is 17.3 Å². The Kier molecular flexibility index (Phi) is 9.80. The number of nitrogens with zero attached hydrogens (tertiary/aromatic N) is 1. The van der Waals surface area contributed by atoms with Crippen LogP contribution in [0.25, 0.3) is 0 Å². The van der Waals surface area contributed by atoms with Gasteiger partial charge >= 0.3 is 0 Å². The molecule has 0 radical (unpaired) electrons. The fourth-order valence-corrected chi connectivity index (χ4v) is 3.55. The summed E-state index contributed by atoms with van der Waals surface area (Å²) in [5, 5.41) is 0. The summed E-state index contributed by atoms with van der Waals surface area (Å²) >= 11 is 0. The molecule has 0 aliphatic rings. The third kappa shape index (κ3) is 5.76. The molecule has 1 nitrogen and oxygen atoms in total. The first-order valence-electron chi connectivity index (χ1n) is 9.08. The molecule has 0 aromatic rings. The van der Waals surface area contributed by atoms with Crippen LogP contribution in [0, 0.1) is 17.3 Å². The lowest BCUT2D eigenvalue weighted by Gasteiger charge is -2.39. The first kappa shape index (κ1) is 20.0. The van der Waals surface area contributed by atoms with Gasteiger partial charge in [0.2, 0.25) is 0 Å². The molecule has 0 heterocycles. The van der Waals surface area contributed by atoms with Crippen LogP contribution < -0.4 is 0 Å². The highest BCUT2D eigenvalue weighted by Gasteiger charge is 2.31. The molecule has 0 spiro atoms. The van der Waals surface area contributed by atoms with Crippen molar-refractivity contribution >= 4 is 0 Å². The predicted molar refractivity (Wildman–Crippen MR) is 93.3 cm³/mol. The van der Waals surface area contributed by atoms with Crippen molar-refractivity contribution in [3.63, 3.8) is 0 Å². The Balaban J connectivity index is 4.65. The zero-order valence-corrected chi connectivity index (χ0v) is 15.6. The van der Waals surface area contributed by atoms with Gasteiger partial charge in [-0.3, -0.25) is 0 Å². The summed E-state index contributed by atoms with van der Waals surface area (Å²) in [6, 6.07) is 0.798. The minimum absolute atomic E-state index is 0.467. The van der Waals surface area contributed by atoms with Gasteiger partial charge in [-0.15, -0.1) is 0 Å². The van der Waals surface area contributed by atoms with Crippen LogP contribution in [0.4, 0.5) is 0 Å². The average Bonchev–Trinajstić information content (AvgIpc) is 2.40. The Labute approximate surface area is 129 Å². The standard InChI is InChI=1S/C19H41N/c1-9-13-18(20(11-3)12-4)15-14-17(10-2)19(7,8)16(5)6/h16-18H,9-15H2,1-8H3. The molecule has 20 heavy (non-hydrogen) atoms. The maximum absolute atomic E-state index is 2.67. The Hall–Kier alpha value is -0.0400. The van der Waals surface area contributed by atoms with Gasteiger partial charge in [-0.25, -0.2) is 0 Å². The minimum atomic E-state index is 0.467. The lowest BCUT2D eigenvalue weighted by molar-refractivity contribution is 0.105. The molecule has 0 amide bonds. The molecule has 0 N–H and O–H groups in total. The van der Waals surface area contributed by atoms with Crippen molar-refractivity contribution in [2.75, 3.05) is 13.1 Å². The van der Waals surface area contributed by atoms with Crippen LogP contribution in [0.2, 0.25) is 0 Å². The van der Waals surface area contributed by atoms with Gasteiger partial charge in [-0.05, 0) is 49.6 Å². The van der Waals surface area contributed by atoms with Gasteiger partial charge in [-0.2, -0.15) is 0 Å². The van der Waals surface area contributed by atoms with Gasteiger partial charge < -0.3 is 4.90 Å². The fourth-order valence-electron chi connectivity index (χ4n) is 3.55. The summed E-state index contributed by atoms with van der Waals surface area (Å²) in [6.45, 7) is 21.4. The van der Waals surface area contributed by atoms with Gasteiger partial charge in [0.1, 0.15) is 0 Å². The summed E-state index contributed by atoms with van der Waals surface area (Å²) in [7, 11) is 0. The third-order valence-corrected chi connectivity index (χ3v) is 5.83. The molecule has 0 aromatic heterocycles. The number of rotatable bonds is 11. The van der Waals surface area contributed by atoms with Crippen LogP contribution in [0.5, 0.6) is 0 Å². The van der Waals surface area contributed by atoms with Crippen molar-refractivity contribution in [1.29, 1.82) is 0 Å². The highest BCUT2D eigenvalue weighted by Crippen LogP contribution is 2.40. The van der Waals surface area contributed by atoms with Crippen LogP contribution in [-0.4, -0.2) is 24.0 Å². The van der Waals surface area contributed by atoms with Crippen molar-refractivity contribution in [3.05, 3.63) is 0 Å². The van der Waals surface area contributed by atoms with Gasteiger partial charge in [0.25, 0.3) is 0 Å². The predicted octanol–water partition coefficient (Wildman–Crippen LogP) is 5.99. The number of hydrogen-bond acceptors (Lipinski definition) is 1. The van der Waals surface area contributed by atoms with E-state index in [4.69, 9.17) is 0 Å². The van der Waals surface area contributed by atoms with E-state index in [0.29, 0.717) is 5.41 Å². The van der Waals surface area contributed by atoms with Gasteiger partial charge in [0, 0.05) is 6.04 Å². The lowest BCUT2D eigenvalue weighted by Crippen LogP contribution is -2.36. The minimum Gasteiger partial charge on any atom is -0.301 e. The summed E-state index contributed by atoms with van der Waals surface area (Å²) in [5.74, 6) is 1.63. The molecule has 1 heteroatoms.